The molecule has 0 saturated carbocycles. The predicted molar refractivity (Wildman–Crippen MR) is 43.6 cm³/mol. The van der Waals surface area contributed by atoms with E-state index in [1.165, 1.54) is 0 Å². The van der Waals surface area contributed by atoms with Crippen LogP contribution in [0.5, 0.6) is 0 Å². The molecule has 1 heterocycles. The summed E-state index contributed by atoms with van der Waals surface area (Å²) < 4.78 is 12.9. The van der Waals surface area contributed by atoms with Gasteiger partial charge in [-0.2, -0.15) is 4.39 Å². The van der Waals surface area contributed by atoms with Gasteiger partial charge < -0.3 is 4.98 Å². The minimum atomic E-state index is -0.755. The van der Waals surface area contributed by atoms with Crippen molar-refractivity contribution in [2.24, 2.45) is 0 Å². The number of hydrogen-bond donors (Lipinski definition) is 1. The van der Waals surface area contributed by atoms with Crippen LogP contribution in [-0.4, -0.2) is 9.97 Å². The number of nitrogens with zero attached hydrogens (tertiary/aromatic N) is 1. The number of nitrogens with one attached hydrogen (secondary N) is 1. The first-order chi connectivity index (χ1) is 5.69. The molecule has 3 nitrogen and oxygen atoms in total. The first kappa shape index (κ1) is 8.90. The zero-order valence-electron chi connectivity index (χ0n) is 7.15. The van der Waals surface area contributed by atoms with Crippen LogP contribution in [0, 0.1) is 5.82 Å². The predicted octanol–water partition coefficient (Wildman–Crippen LogP) is 1.03. The molecule has 0 aliphatic heterocycles. The summed E-state index contributed by atoms with van der Waals surface area (Å²) in [5.74, 6) is -0.215. The van der Waals surface area contributed by atoms with Crippen LogP contribution in [0.3, 0.4) is 0 Å². The molecule has 1 aromatic heterocycles. The van der Waals surface area contributed by atoms with Crippen molar-refractivity contribution >= 4 is 0 Å². The average Bonchev–Trinajstić information content (AvgIpc) is 2.09. The van der Waals surface area contributed by atoms with Gasteiger partial charge in [-0.05, 0) is 6.42 Å². The number of aryl methyl sites for hydroxylation is 2. The van der Waals surface area contributed by atoms with Gasteiger partial charge in [-0.3, -0.25) is 4.79 Å². The highest BCUT2D eigenvalue weighted by atomic mass is 19.1. The van der Waals surface area contributed by atoms with Crippen LogP contribution >= 0.6 is 0 Å². The largest absolute Gasteiger partial charge is 0.308 e. The maximum atomic E-state index is 12.9. The van der Waals surface area contributed by atoms with E-state index in [4.69, 9.17) is 0 Å². The molecule has 12 heavy (non-hydrogen) atoms. The lowest BCUT2D eigenvalue weighted by atomic mass is 10.3. The summed E-state index contributed by atoms with van der Waals surface area (Å²) in [4.78, 5) is 17.2. The Morgan fingerprint density at radius 1 is 1.42 bits per heavy atom. The van der Waals surface area contributed by atoms with E-state index in [9.17, 15) is 9.18 Å². The van der Waals surface area contributed by atoms with Crippen LogP contribution in [0.2, 0.25) is 0 Å². The number of halogens is 1. The lowest BCUT2D eigenvalue weighted by Crippen LogP contribution is -2.18. The molecule has 0 radical (unpaired) electrons. The highest BCUT2D eigenvalue weighted by molar-refractivity contribution is 5.05. The fourth-order valence-electron chi connectivity index (χ4n) is 0.959. The Kier molecular flexibility index (Phi) is 2.58. The lowest BCUT2D eigenvalue weighted by Gasteiger charge is -2.00. The fraction of sp³-hybridized carbons (Fsp3) is 0.500. The van der Waals surface area contributed by atoms with Crippen molar-refractivity contribution in [2.75, 3.05) is 0 Å². The molecule has 4 heteroatoms. The van der Waals surface area contributed by atoms with E-state index < -0.39 is 11.4 Å². The number of aromatic nitrogens is 2. The van der Waals surface area contributed by atoms with E-state index in [2.05, 4.69) is 9.97 Å². The molecule has 1 rings (SSSR count). The maximum absolute atomic E-state index is 12.9. The topological polar surface area (TPSA) is 45.8 Å². The third-order valence-corrected chi connectivity index (χ3v) is 1.65. The van der Waals surface area contributed by atoms with Crippen LogP contribution in [-0.2, 0) is 12.8 Å². The molecule has 0 amide bonds. The second-order valence-electron chi connectivity index (χ2n) is 2.48. The summed E-state index contributed by atoms with van der Waals surface area (Å²) >= 11 is 0. The average molecular weight is 170 g/mol. The van der Waals surface area contributed by atoms with Crippen molar-refractivity contribution in [3.63, 3.8) is 0 Å². The number of rotatable bonds is 2. The Morgan fingerprint density at radius 2 is 2.08 bits per heavy atom. The molecule has 0 unspecified atom stereocenters. The van der Waals surface area contributed by atoms with Crippen LogP contribution in [0.4, 0.5) is 4.39 Å². The first-order valence-corrected chi connectivity index (χ1v) is 3.96. The monoisotopic (exact) mass is 170 g/mol. The van der Waals surface area contributed by atoms with E-state index in [0.717, 1.165) is 0 Å². The van der Waals surface area contributed by atoms with Gasteiger partial charge in [0.2, 0.25) is 5.82 Å². The molecule has 0 bridgehead atoms. The Bertz CT molecular complexity index is 332. The van der Waals surface area contributed by atoms with Gasteiger partial charge in [0.15, 0.2) is 0 Å². The maximum Gasteiger partial charge on any atom is 0.287 e. The number of hydrogen-bond acceptors (Lipinski definition) is 2. The van der Waals surface area contributed by atoms with Crippen molar-refractivity contribution in [3.8, 4) is 0 Å². The molecule has 1 aromatic rings. The van der Waals surface area contributed by atoms with Gasteiger partial charge >= 0.3 is 0 Å². The minimum absolute atomic E-state index is 0.246. The Balaban J connectivity index is 3.29. The SMILES string of the molecule is CCc1nc(CC)c(F)c(=O)[nH]1. The molecule has 1 N–H and O–H groups in total. The summed E-state index contributed by atoms with van der Waals surface area (Å²) in [7, 11) is 0. The summed E-state index contributed by atoms with van der Waals surface area (Å²) in [6, 6.07) is 0. The van der Waals surface area contributed by atoms with E-state index >= 15 is 0 Å². The molecular weight excluding hydrogens is 159 g/mol. The second-order valence-corrected chi connectivity index (χ2v) is 2.48. The zero-order chi connectivity index (χ0) is 9.14. The third-order valence-electron chi connectivity index (χ3n) is 1.65. The molecule has 0 aliphatic rings. The molecule has 0 aliphatic carbocycles. The van der Waals surface area contributed by atoms with E-state index in [0.29, 0.717) is 18.7 Å². The summed E-state index contributed by atoms with van der Waals surface area (Å²) in [5, 5.41) is 0. The van der Waals surface area contributed by atoms with Crippen molar-refractivity contribution in [2.45, 2.75) is 26.7 Å². The highest BCUT2D eigenvalue weighted by Gasteiger charge is 2.07. The third kappa shape index (κ3) is 1.52. The highest BCUT2D eigenvalue weighted by Crippen LogP contribution is 1.99. The van der Waals surface area contributed by atoms with Crippen molar-refractivity contribution in [1.29, 1.82) is 0 Å². The van der Waals surface area contributed by atoms with E-state index in [-0.39, 0.29) is 5.69 Å². The van der Waals surface area contributed by atoms with Crippen LogP contribution < -0.4 is 5.56 Å². The second kappa shape index (κ2) is 3.47. The summed E-state index contributed by atoms with van der Waals surface area (Å²) in [6.45, 7) is 3.62. The van der Waals surface area contributed by atoms with Crippen LogP contribution in [0.25, 0.3) is 0 Å². The summed E-state index contributed by atoms with van der Waals surface area (Å²) in [6.07, 6.45) is 1.06. The van der Waals surface area contributed by atoms with Gasteiger partial charge in [0.1, 0.15) is 5.82 Å². The number of aromatic amines is 1. The first-order valence-electron chi connectivity index (χ1n) is 3.96. The normalized spacial score (nSPS) is 10.2. The molecule has 0 saturated heterocycles. The summed E-state index contributed by atoms with van der Waals surface area (Å²) in [5.41, 5.74) is -0.422. The molecule has 0 aromatic carbocycles. The van der Waals surface area contributed by atoms with Gasteiger partial charge in [0.25, 0.3) is 5.56 Å². The van der Waals surface area contributed by atoms with Crippen LogP contribution in [0.15, 0.2) is 4.79 Å². The quantitative estimate of drug-likeness (QED) is 0.720. The minimum Gasteiger partial charge on any atom is -0.308 e. The zero-order valence-corrected chi connectivity index (χ0v) is 7.15. The molecule has 0 fully saturated rings. The Labute approximate surface area is 69.7 Å². The van der Waals surface area contributed by atoms with Gasteiger partial charge in [0.05, 0.1) is 5.69 Å². The van der Waals surface area contributed by atoms with Gasteiger partial charge in [-0.15, -0.1) is 0 Å². The fourth-order valence-corrected chi connectivity index (χ4v) is 0.959. The molecular formula is C8H11FN2O. The van der Waals surface area contributed by atoms with Crippen molar-refractivity contribution < 1.29 is 4.39 Å². The molecule has 0 spiro atoms. The Hall–Kier alpha value is -1.19. The number of H-pyrrole nitrogens is 1. The van der Waals surface area contributed by atoms with Crippen LogP contribution in [0.1, 0.15) is 25.4 Å². The van der Waals surface area contributed by atoms with Crippen molar-refractivity contribution in [1.82, 2.24) is 9.97 Å². The molecule has 66 valence electrons. The molecule has 0 atom stereocenters. The van der Waals surface area contributed by atoms with Gasteiger partial charge in [-0.25, -0.2) is 4.98 Å². The van der Waals surface area contributed by atoms with E-state index in [1.807, 2.05) is 6.92 Å². The lowest BCUT2D eigenvalue weighted by molar-refractivity contribution is 0.574. The van der Waals surface area contributed by atoms with E-state index in [1.54, 1.807) is 6.92 Å². The van der Waals surface area contributed by atoms with Crippen molar-refractivity contribution in [3.05, 3.63) is 27.7 Å². The standard InChI is InChI=1S/C8H11FN2O/c1-3-5-7(9)8(12)11-6(4-2)10-5/h3-4H2,1-2H3,(H,10,11,12). The smallest absolute Gasteiger partial charge is 0.287 e. The van der Waals surface area contributed by atoms with Gasteiger partial charge in [0, 0.05) is 6.42 Å². The Morgan fingerprint density at radius 3 is 2.58 bits per heavy atom. The van der Waals surface area contributed by atoms with Gasteiger partial charge in [-0.1, -0.05) is 13.8 Å².